The number of hydrogen-bond acceptors (Lipinski definition) is 5. The number of pyridine rings is 1. The Hall–Kier alpha value is -1.62. The molecule has 0 aliphatic heterocycles. The summed E-state index contributed by atoms with van der Waals surface area (Å²) in [6.45, 7) is 9.17. The van der Waals surface area contributed by atoms with Crippen molar-refractivity contribution >= 4 is 22.4 Å². The Labute approximate surface area is 123 Å². The highest BCUT2D eigenvalue weighted by molar-refractivity contribution is 7.11. The first-order valence-corrected chi connectivity index (χ1v) is 7.55. The van der Waals surface area contributed by atoms with E-state index in [4.69, 9.17) is 5.73 Å². The van der Waals surface area contributed by atoms with Crippen molar-refractivity contribution in [1.29, 1.82) is 0 Å². The maximum absolute atomic E-state index is 6.04. The molecule has 0 saturated heterocycles. The quantitative estimate of drug-likeness (QED) is 0.905. The second kappa shape index (κ2) is 4.19. The highest BCUT2D eigenvalue weighted by Gasteiger charge is 2.65. The Morgan fingerprint density at radius 1 is 1.15 bits per heavy atom. The molecule has 5 heteroatoms. The Morgan fingerprint density at radius 3 is 2.30 bits per heavy atom. The SMILES string of the molecule is CC1(C)C(Nc2snc(N)c2-c2ccncc2)C1(C)C. The number of anilines is 2. The summed E-state index contributed by atoms with van der Waals surface area (Å²) in [5.41, 5.74) is 8.66. The first-order chi connectivity index (χ1) is 9.35. The largest absolute Gasteiger partial charge is 0.382 e. The van der Waals surface area contributed by atoms with Crippen molar-refractivity contribution in [2.24, 2.45) is 10.8 Å². The van der Waals surface area contributed by atoms with Gasteiger partial charge >= 0.3 is 0 Å². The topological polar surface area (TPSA) is 63.8 Å². The van der Waals surface area contributed by atoms with E-state index in [1.54, 1.807) is 12.4 Å². The predicted molar refractivity (Wildman–Crippen MR) is 84.7 cm³/mol. The van der Waals surface area contributed by atoms with Gasteiger partial charge < -0.3 is 11.1 Å². The maximum Gasteiger partial charge on any atom is 0.147 e. The standard InChI is InChI=1S/C15H20N4S/c1-14(2)13(15(14,3)4)18-12-10(11(16)19-20-12)9-5-7-17-8-6-9/h5-8,13,18H,1-4H3,(H2,16,19). The Bertz CT molecular complexity index is 617. The van der Waals surface area contributed by atoms with Crippen molar-refractivity contribution in [3.8, 4) is 11.1 Å². The minimum Gasteiger partial charge on any atom is -0.382 e. The van der Waals surface area contributed by atoms with Gasteiger partial charge in [0.1, 0.15) is 10.8 Å². The number of nitrogens with two attached hydrogens (primary N) is 1. The van der Waals surface area contributed by atoms with Crippen LogP contribution >= 0.6 is 11.5 Å². The molecule has 0 bridgehead atoms. The summed E-state index contributed by atoms with van der Waals surface area (Å²) in [5.74, 6) is 0.583. The summed E-state index contributed by atoms with van der Waals surface area (Å²) in [6, 6.07) is 4.37. The lowest BCUT2D eigenvalue weighted by molar-refractivity contribution is 0.457. The van der Waals surface area contributed by atoms with E-state index in [1.165, 1.54) is 11.5 Å². The minimum absolute atomic E-state index is 0.279. The van der Waals surface area contributed by atoms with Crippen LogP contribution in [0.1, 0.15) is 27.7 Å². The highest BCUT2D eigenvalue weighted by atomic mass is 32.1. The number of nitrogen functional groups attached to an aromatic ring is 1. The molecule has 3 N–H and O–H groups in total. The van der Waals surface area contributed by atoms with E-state index in [-0.39, 0.29) is 10.8 Å². The first-order valence-electron chi connectivity index (χ1n) is 6.78. The van der Waals surface area contributed by atoms with Gasteiger partial charge in [0, 0.05) is 18.4 Å². The average molecular weight is 288 g/mol. The lowest BCUT2D eigenvalue weighted by Gasteiger charge is -2.09. The van der Waals surface area contributed by atoms with Gasteiger partial charge in [0.25, 0.3) is 0 Å². The summed E-state index contributed by atoms with van der Waals surface area (Å²) in [7, 11) is 0. The molecule has 0 atom stereocenters. The molecule has 0 spiro atoms. The summed E-state index contributed by atoms with van der Waals surface area (Å²) >= 11 is 1.43. The van der Waals surface area contributed by atoms with E-state index in [0.717, 1.165) is 16.1 Å². The van der Waals surface area contributed by atoms with E-state index in [1.807, 2.05) is 12.1 Å². The van der Waals surface area contributed by atoms with Crippen LogP contribution in [0.15, 0.2) is 24.5 Å². The van der Waals surface area contributed by atoms with Crippen LogP contribution in [-0.4, -0.2) is 15.4 Å². The first kappa shape index (κ1) is 13.4. The van der Waals surface area contributed by atoms with Crippen LogP contribution in [0.2, 0.25) is 0 Å². The molecule has 1 aliphatic rings. The van der Waals surface area contributed by atoms with Gasteiger partial charge in [-0.15, -0.1) is 0 Å². The average Bonchev–Trinajstić information content (AvgIpc) is 2.71. The van der Waals surface area contributed by atoms with Gasteiger partial charge in [-0.2, -0.15) is 4.37 Å². The van der Waals surface area contributed by atoms with E-state index in [0.29, 0.717) is 11.9 Å². The number of nitrogens with one attached hydrogen (secondary N) is 1. The minimum atomic E-state index is 0.279. The second-order valence-electron chi connectivity index (χ2n) is 6.53. The second-order valence-corrected chi connectivity index (χ2v) is 7.30. The summed E-state index contributed by atoms with van der Waals surface area (Å²) in [5, 5.41) is 4.69. The zero-order valence-electron chi connectivity index (χ0n) is 12.3. The maximum atomic E-state index is 6.04. The number of hydrogen-bond donors (Lipinski definition) is 2. The third-order valence-corrected chi connectivity index (χ3v) is 5.78. The zero-order valence-corrected chi connectivity index (χ0v) is 13.1. The normalized spacial score (nSPS) is 19.8. The third-order valence-electron chi connectivity index (χ3n) is 4.98. The molecule has 1 saturated carbocycles. The van der Waals surface area contributed by atoms with Crippen LogP contribution in [0.5, 0.6) is 0 Å². The molecule has 0 radical (unpaired) electrons. The van der Waals surface area contributed by atoms with Gasteiger partial charge in [-0.25, -0.2) is 0 Å². The van der Waals surface area contributed by atoms with Crippen LogP contribution in [0.25, 0.3) is 11.1 Å². The van der Waals surface area contributed by atoms with E-state index in [2.05, 4.69) is 42.4 Å². The smallest absolute Gasteiger partial charge is 0.147 e. The Morgan fingerprint density at radius 2 is 1.75 bits per heavy atom. The number of nitrogens with zero attached hydrogens (tertiary/aromatic N) is 2. The molecule has 0 amide bonds. The summed E-state index contributed by atoms with van der Waals surface area (Å²) < 4.78 is 4.31. The highest BCUT2D eigenvalue weighted by Crippen LogP contribution is 2.64. The monoisotopic (exact) mass is 288 g/mol. The molecule has 0 aromatic carbocycles. The molecule has 20 heavy (non-hydrogen) atoms. The van der Waals surface area contributed by atoms with Gasteiger partial charge in [-0.1, -0.05) is 27.7 Å². The van der Waals surface area contributed by atoms with E-state index >= 15 is 0 Å². The van der Waals surface area contributed by atoms with Gasteiger partial charge in [0.2, 0.25) is 0 Å². The number of rotatable bonds is 3. The van der Waals surface area contributed by atoms with Crippen molar-refractivity contribution < 1.29 is 0 Å². The van der Waals surface area contributed by atoms with Crippen LogP contribution < -0.4 is 11.1 Å². The molecular formula is C15H20N4S. The molecule has 0 unspecified atom stereocenters. The predicted octanol–water partition coefficient (Wildman–Crippen LogP) is 3.63. The Balaban J connectivity index is 1.94. The van der Waals surface area contributed by atoms with Gasteiger partial charge in [-0.05, 0) is 40.1 Å². The molecule has 2 heterocycles. The van der Waals surface area contributed by atoms with Crippen molar-refractivity contribution in [1.82, 2.24) is 9.36 Å². The fraction of sp³-hybridized carbons (Fsp3) is 0.467. The molecule has 1 fully saturated rings. The molecular weight excluding hydrogens is 268 g/mol. The van der Waals surface area contributed by atoms with Crippen LogP contribution in [0, 0.1) is 10.8 Å². The van der Waals surface area contributed by atoms with Gasteiger partial charge in [-0.3, -0.25) is 4.98 Å². The molecule has 106 valence electrons. The van der Waals surface area contributed by atoms with Crippen molar-refractivity contribution in [2.75, 3.05) is 11.1 Å². The molecule has 4 nitrogen and oxygen atoms in total. The molecule has 3 rings (SSSR count). The zero-order chi connectivity index (χ0) is 14.5. The summed E-state index contributed by atoms with van der Waals surface area (Å²) in [4.78, 5) is 4.06. The van der Waals surface area contributed by atoms with Crippen molar-refractivity contribution in [3.05, 3.63) is 24.5 Å². The van der Waals surface area contributed by atoms with Crippen LogP contribution in [-0.2, 0) is 0 Å². The van der Waals surface area contributed by atoms with Crippen molar-refractivity contribution in [3.63, 3.8) is 0 Å². The molecule has 1 aliphatic carbocycles. The lowest BCUT2D eigenvalue weighted by Crippen LogP contribution is -2.09. The summed E-state index contributed by atoms with van der Waals surface area (Å²) in [6.07, 6.45) is 3.56. The van der Waals surface area contributed by atoms with E-state index < -0.39 is 0 Å². The lowest BCUT2D eigenvalue weighted by atomic mass is 10.0. The van der Waals surface area contributed by atoms with Gasteiger partial charge in [0.05, 0.1) is 5.56 Å². The Kier molecular flexibility index (Phi) is 2.80. The number of aromatic nitrogens is 2. The third kappa shape index (κ3) is 1.80. The van der Waals surface area contributed by atoms with Gasteiger partial charge in [0.15, 0.2) is 0 Å². The molecule has 2 aromatic rings. The van der Waals surface area contributed by atoms with Crippen LogP contribution in [0.3, 0.4) is 0 Å². The fourth-order valence-electron chi connectivity index (χ4n) is 2.89. The molecule has 2 aromatic heterocycles. The van der Waals surface area contributed by atoms with Crippen molar-refractivity contribution in [2.45, 2.75) is 33.7 Å². The van der Waals surface area contributed by atoms with Crippen LogP contribution in [0.4, 0.5) is 10.8 Å². The fourth-order valence-corrected chi connectivity index (χ4v) is 3.65. The van der Waals surface area contributed by atoms with E-state index in [9.17, 15) is 0 Å².